The highest BCUT2D eigenvalue weighted by Crippen LogP contribution is 2.57. The highest BCUT2D eigenvalue weighted by Gasteiger charge is 2.46. The van der Waals surface area contributed by atoms with Crippen LogP contribution in [-0.4, -0.2) is 4.98 Å². The molecule has 0 bridgehead atoms. The molecule has 0 aliphatic heterocycles. The first-order valence-corrected chi connectivity index (χ1v) is 13.6. The van der Waals surface area contributed by atoms with Gasteiger partial charge in [0.25, 0.3) is 0 Å². The fourth-order valence-electron chi connectivity index (χ4n) is 4.41. The van der Waals surface area contributed by atoms with E-state index in [2.05, 4.69) is 91.0 Å². The second-order valence-electron chi connectivity index (χ2n) is 8.51. The molecule has 5 aromatic rings. The predicted molar refractivity (Wildman–Crippen MR) is 145 cm³/mol. The van der Waals surface area contributed by atoms with E-state index in [4.69, 9.17) is 9.40 Å². The molecular weight excluding hydrogens is 452 g/mol. The first-order valence-electron chi connectivity index (χ1n) is 11.6. The maximum Gasteiger partial charge on any atom is 0.218 e. The van der Waals surface area contributed by atoms with Crippen LogP contribution in [0.4, 0.5) is 4.39 Å². The van der Waals surface area contributed by atoms with E-state index in [0.29, 0.717) is 11.5 Å². The van der Waals surface area contributed by atoms with Gasteiger partial charge in [-0.2, -0.15) is 0 Å². The van der Waals surface area contributed by atoms with Crippen LogP contribution in [0.1, 0.15) is 22.7 Å². The van der Waals surface area contributed by atoms with Gasteiger partial charge in [0.2, 0.25) is 5.89 Å². The Morgan fingerprint density at radius 2 is 1.29 bits per heavy atom. The monoisotopic (exact) mass is 478 g/mol. The Bertz CT molecular complexity index is 1330. The van der Waals surface area contributed by atoms with E-state index in [1.165, 1.54) is 22.0 Å². The molecule has 0 fully saturated rings. The van der Waals surface area contributed by atoms with Crippen LogP contribution in [0.5, 0.6) is 0 Å². The Hall–Kier alpha value is -3.81. The third-order valence-electron chi connectivity index (χ3n) is 6.12. The highest BCUT2D eigenvalue weighted by molar-refractivity contribution is 7.95. The van der Waals surface area contributed by atoms with E-state index in [1.807, 2.05) is 13.0 Å². The van der Waals surface area contributed by atoms with Gasteiger partial charge in [-0.3, -0.25) is 0 Å². The summed E-state index contributed by atoms with van der Waals surface area (Å²) in [6.07, 6.45) is 5.89. The van der Waals surface area contributed by atoms with Crippen LogP contribution in [0.25, 0.3) is 12.2 Å². The molecule has 0 aliphatic carbocycles. The van der Waals surface area contributed by atoms with Crippen LogP contribution in [0.2, 0.25) is 0 Å². The van der Waals surface area contributed by atoms with E-state index < -0.39 is 7.26 Å². The van der Waals surface area contributed by atoms with Gasteiger partial charge in [-0.1, -0.05) is 66.7 Å². The Labute approximate surface area is 206 Å². The third-order valence-corrected chi connectivity index (χ3v) is 10.5. The first-order chi connectivity index (χ1) is 17.1. The Kier molecular flexibility index (Phi) is 6.70. The highest BCUT2D eigenvalue weighted by atomic mass is 31.2. The quantitative estimate of drug-likeness (QED) is 0.241. The summed E-state index contributed by atoms with van der Waals surface area (Å²) in [6.45, 7) is 1.87. The van der Waals surface area contributed by atoms with Crippen LogP contribution in [-0.2, 0) is 6.16 Å². The average molecular weight is 479 g/mol. The number of oxazole rings is 1. The van der Waals surface area contributed by atoms with E-state index in [9.17, 15) is 4.39 Å². The molecule has 35 heavy (non-hydrogen) atoms. The Morgan fingerprint density at radius 1 is 0.743 bits per heavy atom. The van der Waals surface area contributed by atoms with Gasteiger partial charge in [-0.05, 0) is 61.0 Å². The van der Waals surface area contributed by atoms with Gasteiger partial charge in [0.1, 0.15) is 47.1 Å². The fourth-order valence-corrected chi connectivity index (χ4v) is 8.53. The van der Waals surface area contributed by atoms with Gasteiger partial charge in [0, 0.05) is 11.6 Å². The zero-order valence-corrected chi connectivity index (χ0v) is 20.4. The summed E-state index contributed by atoms with van der Waals surface area (Å²) in [5.74, 6) is 0.211. The second kappa shape index (κ2) is 10.2. The normalized spacial score (nSPS) is 11.7. The Balaban J connectivity index is 1.56. The molecule has 5 rings (SSSR count). The van der Waals surface area contributed by atoms with Gasteiger partial charge in [-0.15, -0.1) is 0 Å². The zero-order chi connectivity index (χ0) is 24.1. The standard InChI is InChI=1S/C31H26FNOP/c1-24-17-18-25(30(32)21-24)19-20-31-33-26(22-34-31)23-35(27-11-5-2-6-12-27,28-13-7-3-8-14-28)29-15-9-4-10-16-29/h2-22H,23H2,1H3/q+1/b20-19+. The lowest BCUT2D eigenvalue weighted by atomic mass is 10.1. The number of nitrogens with zero attached hydrogens (tertiary/aromatic N) is 1. The van der Waals surface area contributed by atoms with Crippen molar-refractivity contribution in [2.75, 3.05) is 0 Å². The molecule has 1 heterocycles. The minimum Gasteiger partial charge on any atom is -0.445 e. The summed E-state index contributed by atoms with van der Waals surface area (Å²) in [4.78, 5) is 4.79. The molecule has 172 valence electrons. The molecule has 2 nitrogen and oxygen atoms in total. The number of rotatable bonds is 7. The number of hydrogen-bond acceptors (Lipinski definition) is 2. The van der Waals surface area contributed by atoms with E-state index in [1.54, 1.807) is 24.5 Å². The number of hydrogen-bond donors (Lipinski definition) is 0. The van der Waals surface area contributed by atoms with Gasteiger partial charge in [-0.25, -0.2) is 9.37 Å². The van der Waals surface area contributed by atoms with Crippen molar-refractivity contribution in [1.82, 2.24) is 4.98 Å². The van der Waals surface area contributed by atoms with Gasteiger partial charge < -0.3 is 4.42 Å². The summed E-state index contributed by atoms with van der Waals surface area (Å²) in [6, 6.07) is 37.2. The maximum absolute atomic E-state index is 14.2. The second-order valence-corrected chi connectivity index (χ2v) is 12.0. The van der Waals surface area contributed by atoms with E-state index in [0.717, 1.165) is 17.4 Å². The molecule has 0 N–H and O–H groups in total. The number of benzene rings is 4. The minimum absolute atomic E-state index is 0.254. The van der Waals surface area contributed by atoms with Crippen LogP contribution < -0.4 is 15.9 Å². The SMILES string of the molecule is Cc1ccc(/C=C/c2nc(C[P+](c3ccccc3)(c3ccccc3)c3ccccc3)co2)c(F)c1. The van der Waals surface area contributed by atoms with Crippen molar-refractivity contribution >= 4 is 35.3 Å². The number of aromatic nitrogens is 1. The largest absolute Gasteiger partial charge is 0.445 e. The summed E-state index contributed by atoms with van der Waals surface area (Å²) in [7, 11) is -2.06. The number of aryl methyl sites for hydroxylation is 1. The molecule has 4 heteroatoms. The lowest BCUT2D eigenvalue weighted by Crippen LogP contribution is -2.32. The van der Waals surface area contributed by atoms with Crippen molar-refractivity contribution in [3.63, 3.8) is 0 Å². The van der Waals surface area contributed by atoms with Crippen LogP contribution in [0.15, 0.2) is 120 Å². The molecular formula is C31H26FNOP+. The summed E-state index contributed by atoms with van der Waals surface area (Å²) in [5, 5.41) is 3.87. The van der Waals surface area contributed by atoms with Crippen molar-refractivity contribution < 1.29 is 8.81 Å². The molecule has 0 saturated carbocycles. The summed E-state index contributed by atoms with van der Waals surface area (Å²) in [5.41, 5.74) is 2.27. The molecule has 0 saturated heterocycles. The zero-order valence-electron chi connectivity index (χ0n) is 19.5. The fraction of sp³-hybridized carbons (Fsp3) is 0.0645. The lowest BCUT2D eigenvalue weighted by Gasteiger charge is -2.26. The van der Waals surface area contributed by atoms with Crippen molar-refractivity contribution in [3.05, 3.63) is 144 Å². The Morgan fingerprint density at radius 3 is 1.80 bits per heavy atom. The van der Waals surface area contributed by atoms with Crippen LogP contribution in [0, 0.1) is 12.7 Å². The minimum atomic E-state index is -2.06. The summed E-state index contributed by atoms with van der Waals surface area (Å²) < 4.78 is 20.0. The van der Waals surface area contributed by atoms with E-state index in [-0.39, 0.29) is 5.82 Å². The van der Waals surface area contributed by atoms with Crippen molar-refractivity contribution in [1.29, 1.82) is 0 Å². The average Bonchev–Trinajstić information content (AvgIpc) is 3.35. The first kappa shape index (κ1) is 23.0. The molecule has 0 atom stereocenters. The van der Waals surface area contributed by atoms with E-state index >= 15 is 0 Å². The molecule has 0 aliphatic rings. The summed E-state index contributed by atoms with van der Waals surface area (Å²) >= 11 is 0. The molecule has 1 aromatic heterocycles. The molecule has 0 unspecified atom stereocenters. The van der Waals surface area contributed by atoms with Crippen molar-refractivity contribution in [3.8, 4) is 0 Å². The van der Waals surface area contributed by atoms with Crippen LogP contribution >= 0.6 is 7.26 Å². The van der Waals surface area contributed by atoms with Gasteiger partial charge in [0.05, 0.1) is 0 Å². The topological polar surface area (TPSA) is 26.0 Å². The van der Waals surface area contributed by atoms with Crippen molar-refractivity contribution in [2.45, 2.75) is 13.1 Å². The lowest BCUT2D eigenvalue weighted by molar-refractivity contribution is 0.546. The van der Waals surface area contributed by atoms with Gasteiger partial charge in [0.15, 0.2) is 0 Å². The van der Waals surface area contributed by atoms with Crippen LogP contribution in [0.3, 0.4) is 0 Å². The third kappa shape index (κ3) is 4.87. The molecule has 4 aromatic carbocycles. The number of halogens is 1. The van der Waals surface area contributed by atoms with Gasteiger partial charge >= 0.3 is 0 Å². The predicted octanol–water partition coefficient (Wildman–Crippen LogP) is 6.79. The maximum atomic E-state index is 14.2. The molecule has 0 spiro atoms. The van der Waals surface area contributed by atoms with Crippen molar-refractivity contribution in [2.24, 2.45) is 0 Å². The molecule has 0 radical (unpaired) electrons. The smallest absolute Gasteiger partial charge is 0.218 e. The molecule has 0 amide bonds.